The third-order valence-electron chi connectivity index (χ3n) is 5.85. The molecule has 0 saturated carbocycles. The predicted molar refractivity (Wildman–Crippen MR) is 95.2 cm³/mol. The van der Waals surface area contributed by atoms with Gasteiger partial charge < -0.3 is 14.1 Å². The van der Waals surface area contributed by atoms with Gasteiger partial charge in [-0.05, 0) is 50.7 Å². The van der Waals surface area contributed by atoms with Crippen LogP contribution in [-0.4, -0.2) is 67.2 Å². The molecule has 1 aromatic heterocycles. The number of fused-ring (bicyclic) bond motifs is 2. The summed E-state index contributed by atoms with van der Waals surface area (Å²) in [5.41, 5.74) is 0. The third kappa shape index (κ3) is 3.54. The van der Waals surface area contributed by atoms with E-state index in [9.17, 15) is 13.2 Å². The summed E-state index contributed by atoms with van der Waals surface area (Å²) >= 11 is 0. The van der Waals surface area contributed by atoms with Crippen LogP contribution in [0.3, 0.4) is 0 Å². The highest BCUT2D eigenvalue weighted by molar-refractivity contribution is 7.88. The number of rotatable bonds is 4. The summed E-state index contributed by atoms with van der Waals surface area (Å²) in [6, 6.07) is 3.60. The van der Waals surface area contributed by atoms with Crippen LogP contribution in [0.2, 0.25) is 0 Å². The highest BCUT2D eigenvalue weighted by atomic mass is 32.2. The SMILES string of the molecule is CS(=O)(=O)N1[C@@H]2CC[C@H]1CC(OC1CCN(C(=O)c3ccco3)CC1)C2. The second kappa shape index (κ2) is 6.98. The highest BCUT2D eigenvalue weighted by Gasteiger charge is 2.46. The molecule has 3 fully saturated rings. The van der Waals surface area contributed by atoms with Gasteiger partial charge in [0.05, 0.1) is 24.7 Å². The van der Waals surface area contributed by atoms with Crippen LogP contribution in [-0.2, 0) is 14.8 Å². The van der Waals surface area contributed by atoms with Gasteiger partial charge in [0, 0.05) is 25.2 Å². The number of hydrogen-bond donors (Lipinski definition) is 0. The van der Waals surface area contributed by atoms with Gasteiger partial charge in [0.2, 0.25) is 10.0 Å². The molecule has 0 spiro atoms. The maximum absolute atomic E-state index is 12.3. The van der Waals surface area contributed by atoms with Gasteiger partial charge in [-0.2, -0.15) is 4.31 Å². The summed E-state index contributed by atoms with van der Waals surface area (Å²) < 4.78 is 37.2. The summed E-state index contributed by atoms with van der Waals surface area (Å²) in [5, 5.41) is 0. The zero-order valence-corrected chi connectivity index (χ0v) is 15.9. The number of hydrogen-bond acceptors (Lipinski definition) is 5. The fourth-order valence-corrected chi connectivity index (χ4v) is 6.23. The van der Waals surface area contributed by atoms with Crippen molar-refractivity contribution in [3.8, 4) is 0 Å². The van der Waals surface area contributed by atoms with Gasteiger partial charge in [0.1, 0.15) is 0 Å². The lowest BCUT2D eigenvalue weighted by molar-refractivity contribution is -0.0663. The first-order valence-corrected chi connectivity index (χ1v) is 11.2. The average Bonchev–Trinajstić information content (AvgIpc) is 3.22. The van der Waals surface area contributed by atoms with E-state index in [-0.39, 0.29) is 30.2 Å². The molecule has 144 valence electrons. The number of furan rings is 1. The molecule has 0 aromatic carbocycles. The Balaban J connectivity index is 1.29. The van der Waals surface area contributed by atoms with Crippen molar-refractivity contribution in [3.63, 3.8) is 0 Å². The maximum Gasteiger partial charge on any atom is 0.289 e. The Bertz CT molecular complexity index is 726. The Morgan fingerprint density at radius 1 is 1.12 bits per heavy atom. The van der Waals surface area contributed by atoms with E-state index in [0.29, 0.717) is 18.8 Å². The quantitative estimate of drug-likeness (QED) is 0.794. The van der Waals surface area contributed by atoms with Crippen LogP contribution in [0, 0.1) is 0 Å². The molecule has 4 rings (SSSR count). The largest absolute Gasteiger partial charge is 0.459 e. The van der Waals surface area contributed by atoms with Crippen molar-refractivity contribution in [3.05, 3.63) is 24.2 Å². The van der Waals surface area contributed by atoms with Gasteiger partial charge in [-0.3, -0.25) is 4.79 Å². The number of amides is 1. The van der Waals surface area contributed by atoms with Crippen molar-refractivity contribution in [1.29, 1.82) is 0 Å². The van der Waals surface area contributed by atoms with Crippen molar-refractivity contribution in [2.45, 2.75) is 62.8 Å². The van der Waals surface area contributed by atoms with Gasteiger partial charge in [-0.15, -0.1) is 0 Å². The fraction of sp³-hybridized carbons (Fsp3) is 0.722. The molecule has 3 atom stereocenters. The van der Waals surface area contributed by atoms with Gasteiger partial charge in [0.25, 0.3) is 5.91 Å². The van der Waals surface area contributed by atoms with Crippen molar-refractivity contribution in [2.75, 3.05) is 19.3 Å². The average molecular weight is 382 g/mol. The standard InChI is InChI=1S/C18H26N2O5S/c1-26(22,23)20-13-4-5-14(20)12-16(11-13)25-15-6-8-19(9-7-15)18(21)17-3-2-10-24-17/h2-3,10,13-16H,4-9,11-12H2,1H3/t13-,14+,16?. The molecular formula is C18H26N2O5S. The summed E-state index contributed by atoms with van der Waals surface area (Å²) in [6.45, 7) is 1.33. The minimum Gasteiger partial charge on any atom is -0.459 e. The van der Waals surface area contributed by atoms with Gasteiger partial charge in [-0.1, -0.05) is 0 Å². The molecule has 2 bridgehead atoms. The van der Waals surface area contributed by atoms with Crippen LogP contribution >= 0.6 is 0 Å². The molecule has 0 N–H and O–H groups in total. The first-order chi connectivity index (χ1) is 12.4. The molecule has 1 unspecified atom stereocenters. The maximum atomic E-state index is 12.3. The molecule has 3 saturated heterocycles. The van der Waals surface area contributed by atoms with Crippen molar-refractivity contribution >= 4 is 15.9 Å². The number of sulfonamides is 1. The van der Waals surface area contributed by atoms with Crippen molar-refractivity contribution in [1.82, 2.24) is 9.21 Å². The summed E-state index contributed by atoms with van der Waals surface area (Å²) in [6.07, 6.45) is 8.17. The molecular weight excluding hydrogens is 356 g/mol. The number of piperidine rings is 2. The van der Waals surface area contributed by atoms with E-state index in [0.717, 1.165) is 38.5 Å². The number of carbonyl (C=O) groups is 1. The monoisotopic (exact) mass is 382 g/mol. The van der Waals surface area contributed by atoms with E-state index >= 15 is 0 Å². The molecule has 0 aliphatic carbocycles. The molecule has 4 heterocycles. The lowest BCUT2D eigenvalue weighted by Crippen LogP contribution is -2.49. The van der Waals surface area contributed by atoms with Crippen molar-refractivity contribution in [2.24, 2.45) is 0 Å². The zero-order chi connectivity index (χ0) is 18.3. The lowest BCUT2D eigenvalue weighted by atomic mass is 10.0. The van der Waals surface area contributed by atoms with E-state index in [2.05, 4.69) is 0 Å². The molecule has 7 nitrogen and oxygen atoms in total. The third-order valence-corrected chi connectivity index (χ3v) is 7.21. The zero-order valence-electron chi connectivity index (χ0n) is 15.0. The number of likely N-dealkylation sites (tertiary alicyclic amines) is 1. The predicted octanol–water partition coefficient (Wildman–Crippen LogP) is 1.86. The van der Waals surface area contributed by atoms with Crippen LogP contribution in [0.1, 0.15) is 49.1 Å². The first kappa shape index (κ1) is 18.0. The van der Waals surface area contributed by atoms with E-state index < -0.39 is 10.0 Å². The summed E-state index contributed by atoms with van der Waals surface area (Å²) in [5.74, 6) is 0.321. The first-order valence-electron chi connectivity index (χ1n) is 9.38. The molecule has 0 radical (unpaired) electrons. The van der Waals surface area contributed by atoms with Gasteiger partial charge in [-0.25, -0.2) is 8.42 Å². The van der Waals surface area contributed by atoms with E-state index in [1.165, 1.54) is 12.5 Å². The molecule has 1 aromatic rings. The summed E-state index contributed by atoms with van der Waals surface area (Å²) in [7, 11) is -3.13. The highest BCUT2D eigenvalue weighted by Crippen LogP contribution is 2.39. The van der Waals surface area contributed by atoms with Crippen LogP contribution in [0.4, 0.5) is 0 Å². The Labute approximate surface area is 154 Å². The molecule has 8 heteroatoms. The Kier molecular flexibility index (Phi) is 4.83. The minimum atomic E-state index is -3.13. The van der Waals surface area contributed by atoms with Crippen LogP contribution in [0.5, 0.6) is 0 Å². The number of nitrogens with zero attached hydrogens (tertiary/aromatic N) is 2. The minimum absolute atomic E-state index is 0.0621. The summed E-state index contributed by atoms with van der Waals surface area (Å²) in [4.78, 5) is 14.1. The van der Waals surface area contributed by atoms with Crippen LogP contribution in [0.25, 0.3) is 0 Å². The molecule has 1 amide bonds. The van der Waals surface area contributed by atoms with Crippen LogP contribution < -0.4 is 0 Å². The Hall–Kier alpha value is -1.38. The number of ether oxygens (including phenoxy) is 1. The smallest absolute Gasteiger partial charge is 0.289 e. The fourth-order valence-electron chi connectivity index (χ4n) is 4.76. The van der Waals surface area contributed by atoms with E-state index in [1.807, 2.05) is 4.90 Å². The van der Waals surface area contributed by atoms with Gasteiger partial charge in [0.15, 0.2) is 5.76 Å². The Morgan fingerprint density at radius 2 is 1.77 bits per heavy atom. The lowest BCUT2D eigenvalue weighted by Gasteiger charge is -2.40. The van der Waals surface area contributed by atoms with Gasteiger partial charge >= 0.3 is 0 Å². The molecule has 3 aliphatic heterocycles. The normalized spacial score (nSPS) is 30.7. The number of carbonyl (C=O) groups excluding carboxylic acids is 1. The second-order valence-corrected chi connectivity index (χ2v) is 9.56. The van der Waals surface area contributed by atoms with E-state index in [1.54, 1.807) is 16.4 Å². The second-order valence-electron chi connectivity index (χ2n) is 7.68. The topological polar surface area (TPSA) is 80.1 Å². The van der Waals surface area contributed by atoms with Crippen molar-refractivity contribution < 1.29 is 22.4 Å². The molecule has 26 heavy (non-hydrogen) atoms. The Morgan fingerprint density at radius 3 is 2.31 bits per heavy atom. The van der Waals surface area contributed by atoms with Crippen LogP contribution in [0.15, 0.2) is 22.8 Å². The van der Waals surface area contributed by atoms with E-state index in [4.69, 9.17) is 9.15 Å². The molecule has 3 aliphatic rings.